The first-order valence-electron chi connectivity index (χ1n) is 6.29. The van der Waals surface area contributed by atoms with Crippen molar-refractivity contribution in [2.24, 2.45) is 11.8 Å². The van der Waals surface area contributed by atoms with Gasteiger partial charge in [-0.3, -0.25) is 19.7 Å². The molecule has 0 unspecified atom stereocenters. The van der Waals surface area contributed by atoms with Gasteiger partial charge in [-0.15, -0.1) is 0 Å². The van der Waals surface area contributed by atoms with Crippen molar-refractivity contribution in [1.29, 1.82) is 0 Å². The highest BCUT2D eigenvalue weighted by atomic mass is 19.1. The summed E-state index contributed by atoms with van der Waals surface area (Å²) in [5.41, 5.74) is -0.680. The molecule has 2 rings (SSSR count). The highest BCUT2D eigenvalue weighted by molar-refractivity contribution is 5.93. The summed E-state index contributed by atoms with van der Waals surface area (Å²) in [5.74, 6) is -1.94. The van der Waals surface area contributed by atoms with Crippen molar-refractivity contribution in [3.05, 3.63) is 34.1 Å². The van der Waals surface area contributed by atoms with Crippen LogP contribution in [0.4, 0.5) is 15.8 Å². The third-order valence-electron chi connectivity index (χ3n) is 3.19. The zero-order chi connectivity index (χ0) is 15.6. The lowest BCUT2D eigenvalue weighted by Crippen LogP contribution is -2.22. The van der Waals surface area contributed by atoms with Crippen LogP contribution in [0.2, 0.25) is 0 Å². The maximum absolute atomic E-state index is 13.4. The zero-order valence-corrected chi connectivity index (χ0v) is 11.2. The number of esters is 1. The van der Waals surface area contributed by atoms with Gasteiger partial charge in [-0.2, -0.15) is 0 Å². The van der Waals surface area contributed by atoms with Gasteiger partial charge in [0, 0.05) is 12.1 Å². The van der Waals surface area contributed by atoms with E-state index in [4.69, 9.17) is 4.74 Å². The van der Waals surface area contributed by atoms with Gasteiger partial charge in [-0.25, -0.2) is 4.39 Å². The second-order valence-electron chi connectivity index (χ2n) is 4.90. The Kier molecular flexibility index (Phi) is 4.15. The topological polar surface area (TPSA) is 98.5 Å². The number of benzene rings is 1. The molecule has 1 saturated carbocycles. The van der Waals surface area contributed by atoms with Gasteiger partial charge in [-0.1, -0.05) is 6.92 Å². The predicted octanol–water partition coefficient (Wildman–Crippen LogP) is 1.87. The Morgan fingerprint density at radius 1 is 1.52 bits per heavy atom. The van der Waals surface area contributed by atoms with Gasteiger partial charge in [0.1, 0.15) is 5.82 Å². The summed E-state index contributed by atoms with van der Waals surface area (Å²) < 4.78 is 18.2. The molecule has 1 fully saturated rings. The Morgan fingerprint density at radius 3 is 2.76 bits per heavy atom. The number of carbonyl (C=O) groups is 2. The Morgan fingerprint density at radius 2 is 2.19 bits per heavy atom. The smallest absolute Gasteiger partial charge is 0.309 e. The molecular formula is C13H13FN2O5. The number of nitrogens with one attached hydrogen (secondary N) is 1. The summed E-state index contributed by atoms with van der Waals surface area (Å²) in [6.45, 7) is 1.34. The molecule has 0 aliphatic heterocycles. The first-order valence-corrected chi connectivity index (χ1v) is 6.29. The zero-order valence-electron chi connectivity index (χ0n) is 11.2. The minimum absolute atomic E-state index is 0.174. The van der Waals surface area contributed by atoms with E-state index in [1.165, 1.54) is 0 Å². The van der Waals surface area contributed by atoms with E-state index >= 15 is 0 Å². The third-order valence-corrected chi connectivity index (χ3v) is 3.19. The quantitative estimate of drug-likeness (QED) is 0.508. The molecule has 1 amide bonds. The lowest BCUT2D eigenvalue weighted by Gasteiger charge is -2.07. The second kappa shape index (κ2) is 5.86. The van der Waals surface area contributed by atoms with Crippen LogP contribution in [0.5, 0.6) is 0 Å². The molecule has 1 aromatic rings. The van der Waals surface area contributed by atoms with Crippen molar-refractivity contribution in [2.75, 3.05) is 11.9 Å². The number of nitrogens with zero attached hydrogens (tertiary/aromatic N) is 1. The van der Waals surface area contributed by atoms with Gasteiger partial charge in [-0.05, 0) is 18.4 Å². The molecule has 0 saturated heterocycles. The first-order chi connectivity index (χ1) is 9.88. The summed E-state index contributed by atoms with van der Waals surface area (Å²) in [6, 6.07) is 2.77. The molecule has 1 aromatic carbocycles. The van der Waals surface area contributed by atoms with Gasteiger partial charge in [0.15, 0.2) is 6.61 Å². The van der Waals surface area contributed by atoms with Crippen LogP contribution in [0.15, 0.2) is 18.2 Å². The maximum atomic E-state index is 13.4. The number of amides is 1. The second-order valence-corrected chi connectivity index (χ2v) is 4.90. The lowest BCUT2D eigenvalue weighted by molar-refractivity contribution is -0.384. The van der Waals surface area contributed by atoms with Crippen molar-refractivity contribution in [2.45, 2.75) is 13.3 Å². The maximum Gasteiger partial charge on any atom is 0.309 e. The number of hydrogen-bond donors (Lipinski definition) is 1. The monoisotopic (exact) mass is 296 g/mol. The van der Waals surface area contributed by atoms with Crippen LogP contribution < -0.4 is 5.32 Å². The van der Waals surface area contributed by atoms with Gasteiger partial charge in [0.25, 0.3) is 11.6 Å². The van der Waals surface area contributed by atoms with Gasteiger partial charge < -0.3 is 10.1 Å². The average Bonchev–Trinajstić information content (AvgIpc) is 3.15. The van der Waals surface area contributed by atoms with Crippen LogP contribution in [-0.4, -0.2) is 23.4 Å². The molecule has 0 aromatic heterocycles. The van der Waals surface area contributed by atoms with Crippen LogP contribution >= 0.6 is 0 Å². The van der Waals surface area contributed by atoms with Crippen molar-refractivity contribution in [3.63, 3.8) is 0 Å². The molecule has 8 heteroatoms. The molecule has 1 N–H and O–H groups in total. The highest BCUT2D eigenvalue weighted by Crippen LogP contribution is 2.38. The molecule has 112 valence electrons. The number of halogens is 1. The molecule has 21 heavy (non-hydrogen) atoms. The fourth-order valence-electron chi connectivity index (χ4n) is 1.80. The van der Waals surface area contributed by atoms with E-state index in [0.29, 0.717) is 0 Å². The Balaban J connectivity index is 1.91. The largest absolute Gasteiger partial charge is 0.455 e. The highest BCUT2D eigenvalue weighted by Gasteiger charge is 2.40. The number of carbonyl (C=O) groups excluding carboxylic acids is 2. The number of rotatable bonds is 5. The number of hydrogen-bond acceptors (Lipinski definition) is 5. The van der Waals surface area contributed by atoms with E-state index in [1.807, 2.05) is 6.92 Å². The number of ether oxygens (including phenoxy) is 1. The van der Waals surface area contributed by atoms with Crippen molar-refractivity contribution >= 4 is 23.3 Å². The van der Waals surface area contributed by atoms with E-state index in [1.54, 1.807) is 0 Å². The Hall–Kier alpha value is -2.51. The lowest BCUT2D eigenvalue weighted by atomic mass is 10.2. The molecular weight excluding hydrogens is 283 g/mol. The minimum Gasteiger partial charge on any atom is -0.455 e. The van der Waals surface area contributed by atoms with Gasteiger partial charge in [0.2, 0.25) is 0 Å². The molecule has 1 aliphatic rings. The fourth-order valence-corrected chi connectivity index (χ4v) is 1.80. The minimum atomic E-state index is -0.809. The van der Waals surface area contributed by atoms with Crippen LogP contribution in [0.1, 0.15) is 13.3 Å². The fraction of sp³-hybridized carbons (Fsp3) is 0.385. The molecule has 0 heterocycles. The summed E-state index contributed by atoms with van der Waals surface area (Å²) in [7, 11) is 0. The number of non-ortho nitro benzene ring substituents is 1. The standard InChI is InChI=1S/C13H13FN2O5/c1-7-4-9(7)13(18)21-6-12(17)15-11-5-8(16(19)20)2-3-10(11)14/h2-3,5,7,9H,4,6H2,1H3,(H,15,17)/t7-,9-/m1/s1. The molecule has 0 spiro atoms. The van der Waals surface area contributed by atoms with E-state index in [2.05, 4.69) is 5.32 Å². The van der Waals surface area contributed by atoms with E-state index in [-0.39, 0.29) is 23.2 Å². The van der Waals surface area contributed by atoms with E-state index in [0.717, 1.165) is 24.6 Å². The number of nitro groups is 1. The Labute approximate surface area is 119 Å². The van der Waals surface area contributed by atoms with Gasteiger partial charge in [0.05, 0.1) is 16.5 Å². The summed E-state index contributed by atoms with van der Waals surface area (Å²) in [4.78, 5) is 32.8. The van der Waals surface area contributed by atoms with Crippen LogP contribution in [-0.2, 0) is 14.3 Å². The molecule has 7 nitrogen and oxygen atoms in total. The molecule has 2 atom stereocenters. The molecule has 0 radical (unpaired) electrons. The van der Waals surface area contributed by atoms with Crippen molar-refractivity contribution < 1.29 is 23.6 Å². The molecule has 0 bridgehead atoms. The predicted molar refractivity (Wildman–Crippen MR) is 69.9 cm³/mol. The third kappa shape index (κ3) is 3.74. The summed E-state index contributed by atoms with van der Waals surface area (Å²) in [5, 5.41) is 12.7. The van der Waals surface area contributed by atoms with E-state index in [9.17, 15) is 24.1 Å². The average molecular weight is 296 g/mol. The first kappa shape index (κ1) is 14.9. The van der Waals surface area contributed by atoms with Gasteiger partial charge >= 0.3 is 5.97 Å². The Bertz CT molecular complexity index is 604. The van der Waals surface area contributed by atoms with Crippen LogP contribution in [0.3, 0.4) is 0 Å². The van der Waals surface area contributed by atoms with Crippen molar-refractivity contribution in [1.82, 2.24) is 0 Å². The van der Waals surface area contributed by atoms with Crippen LogP contribution in [0, 0.1) is 27.8 Å². The molecule has 1 aliphatic carbocycles. The van der Waals surface area contributed by atoms with E-state index < -0.39 is 29.2 Å². The van der Waals surface area contributed by atoms with Crippen LogP contribution in [0.25, 0.3) is 0 Å². The SMILES string of the molecule is C[C@@H]1C[C@H]1C(=O)OCC(=O)Nc1cc([N+](=O)[O-])ccc1F. The normalized spacial score (nSPS) is 19.7. The summed E-state index contributed by atoms with van der Waals surface area (Å²) >= 11 is 0. The summed E-state index contributed by atoms with van der Waals surface area (Å²) in [6.07, 6.45) is 0.736. The van der Waals surface area contributed by atoms with Crippen molar-refractivity contribution in [3.8, 4) is 0 Å². The number of anilines is 1. The number of nitro benzene ring substituents is 1.